The van der Waals surface area contributed by atoms with E-state index in [1.54, 1.807) is 12.1 Å². The normalized spacial score (nSPS) is 16.3. The lowest BCUT2D eigenvalue weighted by Gasteiger charge is -2.34. The minimum atomic E-state index is 0.256. The van der Waals surface area contributed by atoms with Gasteiger partial charge in [0, 0.05) is 18.5 Å². The molecular weight excluding hydrogens is 398 g/mol. The van der Waals surface area contributed by atoms with Crippen LogP contribution in [0.15, 0.2) is 48.5 Å². The lowest BCUT2D eigenvalue weighted by molar-refractivity contribution is 0.300. The van der Waals surface area contributed by atoms with Crippen molar-refractivity contribution in [1.29, 1.82) is 5.26 Å². The number of benzene rings is 2. The third kappa shape index (κ3) is 3.17. The Bertz CT molecular complexity index is 1350. The predicted octanol–water partition coefficient (Wildman–Crippen LogP) is 4.45. The van der Waals surface area contributed by atoms with Crippen molar-refractivity contribution in [1.82, 2.24) is 14.3 Å². The molecule has 0 bridgehead atoms. The Labute approximate surface area is 187 Å². The number of pyridine rings is 1. The summed E-state index contributed by atoms with van der Waals surface area (Å²) >= 11 is 0. The number of anilines is 1. The summed E-state index contributed by atoms with van der Waals surface area (Å²) in [6.07, 6.45) is 3.17. The third-order valence-electron chi connectivity index (χ3n) is 6.61. The van der Waals surface area contributed by atoms with Gasteiger partial charge in [0.25, 0.3) is 0 Å². The second kappa shape index (κ2) is 7.85. The topological polar surface area (TPSA) is 67.8 Å². The predicted molar refractivity (Wildman–Crippen MR) is 127 cm³/mol. The summed E-state index contributed by atoms with van der Waals surface area (Å²) in [7, 11) is 4.25. The van der Waals surface area contributed by atoms with Crippen molar-refractivity contribution in [3.05, 3.63) is 70.8 Å². The second-order valence-electron chi connectivity index (χ2n) is 8.80. The molecular formula is C26H27N5O. The molecule has 0 saturated carbocycles. The van der Waals surface area contributed by atoms with E-state index in [2.05, 4.69) is 40.4 Å². The number of nitrogens with zero attached hydrogens (tertiary/aromatic N) is 5. The average Bonchev–Trinajstić information content (AvgIpc) is 3.41. The molecule has 4 aromatic rings. The quantitative estimate of drug-likeness (QED) is 0.523. The van der Waals surface area contributed by atoms with E-state index >= 15 is 0 Å². The molecule has 6 heteroatoms. The number of nitriles is 1. The highest BCUT2D eigenvalue weighted by Crippen LogP contribution is 2.38. The van der Waals surface area contributed by atoms with Crippen LogP contribution in [-0.2, 0) is 6.42 Å². The first-order chi connectivity index (χ1) is 15.5. The van der Waals surface area contributed by atoms with E-state index in [0.29, 0.717) is 12.0 Å². The molecule has 6 nitrogen and oxygen atoms in total. The summed E-state index contributed by atoms with van der Waals surface area (Å²) < 4.78 is 2.19. The lowest BCUT2D eigenvalue weighted by atomic mass is 9.97. The molecule has 1 unspecified atom stereocenters. The second-order valence-corrected chi connectivity index (χ2v) is 8.80. The molecule has 162 valence electrons. The fourth-order valence-electron chi connectivity index (χ4n) is 5.03. The van der Waals surface area contributed by atoms with Crippen LogP contribution in [0, 0.1) is 18.3 Å². The van der Waals surface area contributed by atoms with Gasteiger partial charge in [0.05, 0.1) is 22.8 Å². The molecule has 1 atom stereocenters. The zero-order valence-corrected chi connectivity index (χ0v) is 18.7. The summed E-state index contributed by atoms with van der Waals surface area (Å²) in [5.74, 6) is 1.38. The number of fused-ring (bicyclic) bond motifs is 3. The van der Waals surface area contributed by atoms with E-state index in [4.69, 9.17) is 4.98 Å². The highest BCUT2D eigenvalue weighted by Gasteiger charge is 2.32. The highest BCUT2D eigenvalue weighted by molar-refractivity contribution is 5.86. The van der Waals surface area contributed by atoms with Crippen molar-refractivity contribution in [3.63, 3.8) is 0 Å². The molecule has 1 saturated heterocycles. The van der Waals surface area contributed by atoms with E-state index in [1.807, 2.05) is 37.3 Å². The minimum Gasteiger partial charge on any atom is -0.508 e. The number of phenolic OH excluding ortho intramolecular Hbond substituents is 1. The van der Waals surface area contributed by atoms with E-state index in [-0.39, 0.29) is 11.9 Å². The zero-order valence-electron chi connectivity index (χ0n) is 18.7. The van der Waals surface area contributed by atoms with Gasteiger partial charge >= 0.3 is 0 Å². The Morgan fingerprint density at radius 2 is 1.91 bits per heavy atom. The Morgan fingerprint density at radius 1 is 1.16 bits per heavy atom. The van der Waals surface area contributed by atoms with Crippen LogP contribution in [0.4, 0.5) is 5.82 Å². The van der Waals surface area contributed by atoms with Gasteiger partial charge in [-0.2, -0.15) is 5.26 Å². The number of hydrogen-bond donors (Lipinski definition) is 1. The van der Waals surface area contributed by atoms with Crippen LogP contribution in [0.25, 0.3) is 16.7 Å². The lowest BCUT2D eigenvalue weighted by Crippen LogP contribution is -2.42. The Morgan fingerprint density at radius 3 is 2.62 bits per heavy atom. The first kappa shape index (κ1) is 20.3. The summed E-state index contributed by atoms with van der Waals surface area (Å²) in [5, 5.41) is 19.9. The monoisotopic (exact) mass is 425 g/mol. The van der Waals surface area contributed by atoms with Gasteiger partial charge in [-0.3, -0.25) is 9.30 Å². The van der Waals surface area contributed by atoms with Gasteiger partial charge < -0.3 is 10.0 Å². The molecule has 0 spiro atoms. The van der Waals surface area contributed by atoms with Crippen LogP contribution in [0.1, 0.15) is 35.1 Å². The van der Waals surface area contributed by atoms with Crippen LogP contribution < -0.4 is 4.90 Å². The number of para-hydroxylation sites is 2. The molecule has 1 aliphatic heterocycles. The number of imidazole rings is 1. The highest BCUT2D eigenvalue weighted by atomic mass is 16.3. The van der Waals surface area contributed by atoms with Crippen LogP contribution in [0.2, 0.25) is 0 Å². The Hall–Kier alpha value is -3.56. The van der Waals surface area contributed by atoms with Gasteiger partial charge in [-0.05, 0) is 69.3 Å². The van der Waals surface area contributed by atoms with Crippen molar-refractivity contribution < 1.29 is 5.11 Å². The average molecular weight is 426 g/mol. The summed E-state index contributed by atoms with van der Waals surface area (Å²) in [6.45, 7) is 3.00. The maximum absolute atomic E-state index is 10.1. The van der Waals surface area contributed by atoms with Crippen LogP contribution in [0.3, 0.4) is 0 Å². The van der Waals surface area contributed by atoms with Gasteiger partial charge in [0.1, 0.15) is 17.6 Å². The van der Waals surface area contributed by atoms with Crippen LogP contribution in [0.5, 0.6) is 5.75 Å². The molecule has 2 aromatic heterocycles. The maximum Gasteiger partial charge on any atom is 0.157 e. The third-order valence-corrected chi connectivity index (χ3v) is 6.61. The number of aromatic nitrogens is 2. The van der Waals surface area contributed by atoms with E-state index in [1.165, 1.54) is 0 Å². The van der Waals surface area contributed by atoms with Gasteiger partial charge in [-0.15, -0.1) is 0 Å². The van der Waals surface area contributed by atoms with Crippen molar-refractivity contribution >= 4 is 22.5 Å². The number of phenols is 1. The Kier molecular flexibility index (Phi) is 4.99. The molecule has 1 aliphatic rings. The number of hydrogen-bond acceptors (Lipinski definition) is 5. The number of aromatic hydroxyl groups is 1. The van der Waals surface area contributed by atoms with Gasteiger partial charge in [-0.1, -0.05) is 24.3 Å². The zero-order chi connectivity index (χ0) is 22.4. The van der Waals surface area contributed by atoms with Crippen LogP contribution >= 0.6 is 0 Å². The van der Waals surface area contributed by atoms with Crippen LogP contribution in [-0.4, -0.2) is 46.2 Å². The van der Waals surface area contributed by atoms with E-state index in [9.17, 15) is 10.4 Å². The fourth-order valence-corrected chi connectivity index (χ4v) is 5.03. The Balaban J connectivity index is 1.86. The van der Waals surface area contributed by atoms with Gasteiger partial charge in [-0.25, -0.2) is 4.98 Å². The molecule has 1 fully saturated rings. The first-order valence-corrected chi connectivity index (χ1v) is 11.0. The largest absolute Gasteiger partial charge is 0.508 e. The summed E-state index contributed by atoms with van der Waals surface area (Å²) in [6, 6.07) is 17.9. The van der Waals surface area contributed by atoms with Crippen molar-refractivity contribution in [2.45, 2.75) is 32.4 Å². The molecule has 1 N–H and O–H groups in total. The molecule has 2 aromatic carbocycles. The van der Waals surface area contributed by atoms with Crippen molar-refractivity contribution in [2.24, 2.45) is 0 Å². The maximum atomic E-state index is 10.1. The van der Waals surface area contributed by atoms with Gasteiger partial charge in [0.15, 0.2) is 5.65 Å². The summed E-state index contributed by atoms with van der Waals surface area (Å²) in [5.41, 5.74) is 6.47. The summed E-state index contributed by atoms with van der Waals surface area (Å²) in [4.78, 5) is 9.63. The van der Waals surface area contributed by atoms with Crippen molar-refractivity contribution in [2.75, 3.05) is 25.5 Å². The standard InChI is InChI=1S/C26H27N5O/c1-17-20(15-18-10-12-19(32)13-11-18)26(30-14-6-9-24(30)29(2)3)31-23-8-5-4-7-22(23)28-25(31)21(17)16-27/h4-5,7-8,10-13,24,32H,6,9,14-15H2,1-3H3. The number of rotatable bonds is 4. The minimum absolute atomic E-state index is 0.256. The molecule has 0 radical (unpaired) electrons. The molecule has 3 heterocycles. The fraction of sp³-hybridized carbons (Fsp3) is 0.308. The molecule has 0 amide bonds. The van der Waals surface area contributed by atoms with Gasteiger partial charge in [0.2, 0.25) is 0 Å². The smallest absolute Gasteiger partial charge is 0.157 e. The SMILES string of the molecule is Cc1c(Cc2ccc(O)cc2)c(N2CCCC2N(C)C)n2c(nc3ccccc32)c1C#N. The van der Waals surface area contributed by atoms with E-state index in [0.717, 1.165) is 58.6 Å². The van der Waals surface area contributed by atoms with Crippen molar-refractivity contribution in [3.8, 4) is 11.8 Å². The molecule has 32 heavy (non-hydrogen) atoms. The molecule has 5 rings (SSSR count). The molecule has 0 aliphatic carbocycles. The van der Waals surface area contributed by atoms with E-state index < -0.39 is 0 Å². The first-order valence-electron chi connectivity index (χ1n) is 11.0.